The predicted molar refractivity (Wildman–Crippen MR) is 66.4 cm³/mol. The summed E-state index contributed by atoms with van der Waals surface area (Å²) in [7, 11) is 0. The van der Waals surface area contributed by atoms with Crippen molar-refractivity contribution in [3.63, 3.8) is 0 Å². The molecule has 0 fully saturated rings. The molecule has 0 aliphatic rings. The van der Waals surface area contributed by atoms with Gasteiger partial charge in [0.2, 0.25) is 0 Å². The monoisotopic (exact) mass is 260 g/mol. The molecule has 0 spiro atoms. The SMILES string of the molecule is CCOC(=O)c1cc(CCCCl)ccc1Cl. The molecule has 0 aliphatic heterocycles. The molecule has 0 bridgehead atoms. The van der Waals surface area contributed by atoms with Crippen molar-refractivity contribution in [3.05, 3.63) is 34.3 Å². The van der Waals surface area contributed by atoms with Crippen molar-refractivity contribution in [3.8, 4) is 0 Å². The Morgan fingerprint density at radius 3 is 2.81 bits per heavy atom. The topological polar surface area (TPSA) is 26.3 Å². The maximum atomic E-state index is 11.6. The third-order valence-corrected chi connectivity index (χ3v) is 2.72. The summed E-state index contributed by atoms with van der Waals surface area (Å²) in [5.74, 6) is 0.234. The van der Waals surface area contributed by atoms with Gasteiger partial charge >= 0.3 is 5.97 Å². The van der Waals surface area contributed by atoms with E-state index in [9.17, 15) is 4.79 Å². The van der Waals surface area contributed by atoms with Crippen LogP contribution in [0.5, 0.6) is 0 Å². The zero-order valence-corrected chi connectivity index (χ0v) is 10.6. The highest BCUT2D eigenvalue weighted by Gasteiger charge is 2.11. The van der Waals surface area contributed by atoms with Crippen molar-refractivity contribution in [2.75, 3.05) is 12.5 Å². The number of rotatable bonds is 5. The summed E-state index contributed by atoms with van der Waals surface area (Å²) in [6, 6.07) is 5.39. The Kier molecular flexibility index (Phi) is 5.64. The first-order chi connectivity index (χ1) is 7.69. The minimum absolute atomic E-state index is 0.348. The fourth-order valence-corrected chi connectivity index (χ4v) is 1.69. The molecule has 0 saturated carbocycles. The third-order valence-electron chi connectivity index (χ3n) is 2.13. The lowest BCUT2D eigenvalue weighted by molar-refractivity contribution is 0.0526. The molecule has 0 heterocycles. The summed E-state index contributed by atoms with van der Waals surface area (Å²) >= 11 is 11.6. The smallest absolute Gasteiger partial charge is 0.339 e. The number of carbonyl (C=O) groups excluding carboxylic acids is 1. The van der Waals surface area contributed by atoms with Gasteiger partial charge in [0.1, 0.15) is 0 Å². The number of alkyl halides is 1. The lowest BCUT2D eigenvalue weighted by atomic mass is 10.1. The van der Waals surface area contributed by atoms with Crippen molar-refractivity contribution >= 4 is 29.2 Å². The van der Waals surface area contributed by atoms with Crippen LogP contribution in [0.2, 0.25) is 5.02 Å². The van der Waals surface area contributed by atoms with E-state index in [-0.39, 0.29) is 5.97 Å². The Bertz CT molecular complexity index is 364. The van der Waals surface area contributed by atoms with E-state index in [1.807, 2.05) is 6.07 Å². The number of esters is 1. The van der Waals surface area contributed by atoms with Crippen LogP contribution >= 0.6 is 23.2 Å². The quantitative estimate of drug-likeness (QED) is 0.596. The molecular weight excluding hydrogens is 247 g/mol. The molecule has 0 aliphatic carbocycles. The van der Waals surface area contributed by atoms with Gasteiger partial charge in [-0.25, -0.2) is 4.79 Å². The molecule has 0 aromatic heterocycles. The largest absolute Gasteiger partial charge is 0.462 e. The van der Waals surface area contributed by atoms with E-state index in [1.54, 1.807) is 19.1 Å². The highest BCUT2D eigenvalue weighted by molar-refractivity contribution is 6.33. The van der Waals surface area contributed by atoms with E-state index in [0.29, 0.717) is 23.1 Å². The van der Waals surface area contributed by atoms with E-state index < -0.39 is 0 Å². The highest BCUT2D eigenvalue weighted by atomic mass is 35.5. The van der Waals surface area contributed by atoms with Gasteiger partial charge < -0.3 is 4.74 Å². The Morgan fingerprint density at radius 1 is 1.44 bits per heavy atom. The summed E-state index contributed by atoms with van der Waals surface area (Å²) < 4.78 is 4.92. The van der Waals surface area contributed by atoms with E-state index >= 15 is 0 Å². The molecular formula is C12H14Cl2O2. The molecule has 0 unspecified atom stereocenters. The maximum Gasteiger partial charge on any atom is 0.339 e. The van der Waals surface area contributed by atoms with Gasteiger partial charge in [0, 0.05) is 5.88 Å². The molecule has 0 atom stereocenters. The molecule has 1 aromatic rings. The van der Waals surface area contributed by atoms with E-state index in [0.717, 1.165) is 18.4 Å². The number of carbonyl (C=O) groups is 1. The summed E-state index contributed by atoms with van der Waals surface area (Å²) in [5, 5.41) is 0.424. The number of hydrogen-bond acceptors (Lipinski definition) is 2. The molecule has 16 heavy (non-hydrogen) atoms. The van der Waals surface area contributed by atoms with Gasteiger partial charge in [0.15, 0.2) is 0 Å². The van der Waals surface area contributed by atoms with Crippen LogP contribution in [0, 0.1) is 0 Å². The van der Waals surface area contributed by atoms with Crippen LogP contribution in [-0.4, -0.2) is 18.5 Å². The van der Waals surface area contributed by atoms with Crippen LogP contribution in [0.3, 0.4) is 0 Å². The maximum absolute atomic E-state index is 11.6. The minimum Gasteiger partial charge on any atom is -0.462 e. The van der Waals surface area contributed by atoms with Crippen molar-refractivity contribution in [1.82, 2.24) is 0 Å². The van der Waals surface area contributed by atoms with Crippen LogP contribution in [0.15, 0.2) is 18.2 Å². The van der Waals surface area contributed by atoms with Crippen LogP contribution < -0.4 is 0 Å². The molecule has 0 saturated heterocycles. The second-order valence-electron chi connectivity index (χ2n) is 3.33. The summed E-state index contributed by atoms with van der Waals surface area (Å²) in [5.41, 5.74) is 1.48. The Labute approximate surface area is 106 Å². The number of halogens is 2. The number of benzene rings is 1. The zero-order valence-electron chi connectivity index (χ0n) is 9.13. The van der Waals surface area contributed by atoms with Gasteiger partial charge in [-0.3, -0.25) is 0 Å². The lowest BCUT2D eigenvalue weighted by Gasteiger charge is -2.06. The van der Waals surface area contributed by atoms with E-state index in [1.165, 1.54) is 0 Å². The van der Waals surface area contributed by atoms with Crippen LogP contribution in [0.4, 0.5) is 0 Å². The Morgan fingerprint density at radius 2 is 2.19 bits per heavy atom. The van der Waals surface area contributed by atoms with Crippen molar-refractivity contribution in [1.29, 1.82) is 0 Å². The number of ether oxygens (including phenoxy) is 1. The summed E-state index contributed by atoms with van der Waals surface area (Å²) in [6.45, 7) is 2.12. The average molecular weight is 261 g/mol. The van der Waals surface area contributed by atoms with Crippen molar-refractivity contribution in [2.24, 2.45) is 0 Å². The van der Waals surface area contributed by atoms with E-state index in [4.69, 9.17) is 27.9 Å². The molecule has 1 aromatic carbocycles. The van der Waals surface area contributed by atoms with Crippen LogP contribution in [-0.2, 0) is 11.2 Å². The fraction of sp³-hybridized carbons (Fsp3) is 0.417. The third kappa shape index (κ3) is 3.69. The lowest BCUT2D eigenvalue weighted by Crippen LogP contribution is -2.06. The molecule has 2 nitrogen and oxygen atoms in total. The van der Waals surface area contributed by atoms with Gasteiger partial charge in [0.25, 0.3) is 0 Å². The van der Waals surface area contributed by atoms with Crippen molar-refractivity contribution < 1.29 is 9.53 Å². The van der Waals surface area contributed by atoms with Gasteiger partial charge in [-0.15, -0.1) is 11.6 Å². The van der Waals surface area contributed by atoms with Gasteiger partial charge in [0.05, 0.1) is 17.2 Å². The molecule has 88 valence electrons. The predicted octanol–water partition coefficient (Wildman–Crippen LogP) is 3.69. The summed E-state index contributed by atoms with van der Waals surface area (Å²) in [4.78, 5) is 11.6. The first-order valence-corrected chi connectivity index (χ1v) is 6.11. The average Bonchev–Trinajstić information content (AvgIpc) is 2.28. The minimum atomic E-state index is -0.375. The first kappa shape index (κ1) is 13.3. The van der Waals surface area contributed by atoms with Gasteiger partial charge in [-0.1, -0.05) is 17.7 Å². The van der Waals surface area contributed by atoms with Gasteiger partial charge in [-0.2, -0.15) is 0 Å². The van der Waals surface area contributed by atoms with Crippen LogP contribution in [0.1, 0.15) is 29.3 Å². The fourth-order valence-electron chi connectivity index (χ4n) is 1.36. The Balaban J connectivity index is 2.85. The van der Waals surface area contributed by atoms with Crippen molar-refractivity contribution in [2.45, 2.75) is 19.8 Å². The van der Waals surface area contributed by atoms with Crippen LogP contribution in [0.25, 0.3) is 0 Å². The van der Waals surface area contributed by atoms with Gasteiger partial charge in [-0.05, 0) is 37.5 Å². The second kappa shape index (κ2) is 6.77. The highest BCUT2D eigenvalue weighted by Crippen LogP contribution is 2.19. The first-order valence-electron chi connectivity index (χ1n) is 5.20. The Hall–Kier alpha value is -0.730. The normalized spacial score (nSPS) is 10.2. The number of aryl methyl sites for hydroxylation is 1. The number of hydrogen-bond donors (Lipinski definition) is 0. The summed E-state index contributed by atoms with van der Waals surface area (Å²) in [6.07, 6.45) is 1.72. The molecule has 0 amide bonds. The molecule has 0 N–H and O–H groups in total. The zero-order chi connectivity index (χ0) is 12.0. The van der Waals surface area contributed by atoms with E-state index in [2.05, 4.69) is 0 Å². The second-order valence-corrected chi connectivity index (χ2v) is 4.11. The molecule has 0 radical (unpaired) electrons. The molecule has 4 heteroatoms. The standard InChI is InChI=1S/C12H14Cl2O2/c1-2-16-12(15)10-8-9(4-3-7-13)5-6-11(10)14/h5-6,8H,2-4,7H2,1H3. The molecule has 1 rings (SSSR count).